The summed E-state index contributed by atoms with van der Waals surface area (Å²) in [6, 6.07) is 0. The average Bonchev–Trinajstić information content (AvgIpc) is 3.61. The molecule has 306 valence electrons. The summed E-state index contributed by atoms with van der Waals surface area (Å²) in [5, 5.41) is 39.9. The minimum absolute atomic E-state index is 0.00468. The molecule has 3 rings (SSSR count). The molecular weight excluding hydrogens is 743 g/mol. The van der Waals surface area contributed by atoms with Gasteiger partial charge in [0.2, 0.25) is 40.7 Å². The third kappa shape index (κ3) is 16.1. The van der Waals surface area contributed by atoms with Crippen molar-refractivity contribution in [2.24, 2.45) is 0 Å². The summed E-state index contributed by atoms with van der Waals surface area (Å²) in [5.41, 5.74) is 0.700. The number of aromatic nitrogens is 3. The van der Waals surface area contributed by atoms with Crippen molar-refractivity contribution in [3.8, 4) is 5.75 Å². The van der Waals surface area contributed by atoms with Crippen LogP contribution in [0, 0.1) is 29.1 Å². The van der Waals surface area contributed by atoms with E-state index in [-0.39, 0.29) is 71.5 Å². The first-order valence-electron chi connectivity index (χ1n) is 17.0. The first kappa shape index (κ1) is 44.9. The maximum atomic E-state index is 13.6. The molecule has 1 aromatic heterocycles. The van der Waals surface area contributed by atoms with E-state index >= 15 is 0 Å². The van der Waals surface area contributed by atoms with Crippen LogP contribution in [0.1, 0.15) is 25.0 Å². The van der Waals surface area contributed by atoms with E-state index in [4.69, 9.17) is 33.2 Å². The van der Waals surface area contributed by atoms with E-state index in [0.717, 1.165) is 0 Å². The van der Waals surface area contributed by atoms with E-state index < -0.39 is 71.8 Å². The van der Waals surface area contributed by atoms with Crippen molar-refractivity contribution in [1.82, 2.24) is 20.3 Å². The number of carbonyl (C=O) groups excluding carboxylic acids is 2. The Bertz CT molecular complexity index is 1400. The Morgan fingerprint density at radius 1 is 0.759 bits per heavy atom. The first-order valence-corrected chi connectivity index (χ1v) is 17.0. The summed E-state index contributed by atoms with van der Waals surface area (Å²) in [6.45, 7) is 2.94. The van der Waals surface area contributed by atoms with Crippen LogP contribution < -0.4 is 10.1 Å². The van der Waals surface area contributed by atoms with Gasteiger partial charge in [0.25, 0.3) is 0 Å². The lowest BCUT2D eigenvalue weighted by Gasteiger charge is -2.34. The van der Waals surface area contributed by atoms with Gasteiger partial charge in [-0.2, -0.15) is 8.78 Å². The van der Waals surface area contributed by atoms with Crippen molar-refractivity contribution in [3.63, 3.8) is 0 Å². The zero-order chi connectivity index (χ0) is 39.3. The Morgan fingerprint density at radius 3 is 2.00 bits per heavy atom. The molecule has 0 unspecified atom stereocenters. The number of hydrogen-bond donors (Lipinski definition) is 4. The largest absolute Gasteiger partial charge is 0.420 e. The van der Waals surface area contributed by atoms with E-state index in [1.54, 1.807) is 10.9 Å². The molecule has 1 aromatic carbocycles. The summed E-state index contributed by atoms with van der Waals surface area (Å²) in [6.07, 6.45) is -2.46. The quantitative estimate of drug-likeness (QED) is 0.0234. The number of nitrogens with zero attached hydrogens (tertiary/aromatic N) is 3. The normalized spacial score (nSPS) is 18.6. The Balaban J connectivity index is 1.05. The van der Waals surface area contributed by atoms with E-state index in [1.807, 2.05) is 0 Å². The van der Waals surface area contributed by atoms with Crippen molar-refractivity contribution in [1.29, 1.82) is 0 Å². The van der Waals surface area contributed by atoms with Gasteiger partial charge in [-0.1, -0.05) is 5.21 Å². The third-order valence-electron chi connectivity index (χ3n) is 7.38. The van der Waals surface area contributed by atoms with Gasteiger partial charge in [0.05, 0.1) is 104 Å². The molecule has 0 aliphatic carbocycles. The number of benzene rings is 1. The molecule has 4 N–H and O–H groups in total. The van der Waals surface area contributed by atoms with Crippen molar-refractivity contribution in [2.45, 2.75) is 56.8 Å². The molecule has 1 amide bonds. The highest BCUT2D eigenvalue weighted by atomic mass is 19.2. The Hall–Kier alpha value is -3.45. The van der Waals surface area contributed by atoms with Crippen LogP contribution in [0.15, 0.2) is 6.20 Å². The zero-order valence-corrected chi connectivity index (χ0v) is 29.3. The molecule has 0 saturated carbocycles. The van der Waals surface area contributed by atoms with Crippen molar-refractivity contribution in [3.05, 3.63) is 41.0 Å². The van der Waals surface area contributed by atoms with Crippen LogP contribution in [-0.4, -0.2) is 153 Å². The minimum Gasteiger partial charge on any atom is -0.420 e. The van der Waals surface area contributed by atoms with Gasteiger partial charge < -0.3 is 58.5 Å². The molecule has 1 aliphatic heterocycles. The van der Waals surface area contributed by atoms with Gasteiger partial charge in [-0.15, -0.1) is 5.10 Å². The average molecular weight is 789 g/mol. The lowest BCUT2D eigenvalue weighted by molar-refractivity contribution is -0.242. The van der Waals surface area contributed by atoms with Gasteiger partial charge in [-0.3, -0.25) is 9.59 Å². The van der Waals surface area contributed by atoms with E-state index in [0.29, 0.717) is 51.7 Å². The van der Waals surface area contributed by atoms with Crippen LogP contribution in [0.5, 0.6) is 5.75 Å². The molecule has 22 heteroatoms. The summed E-state index contributed by atoms with van der Waals surface area (Å²) in [7, 11) is 0. The van der Waals surface area contributed by atoms with Gasteiger partial charge in [0.15, 0.2) is 6.29 Å². The predicted octanol–water partition coefficient (Wildman–Crippen LogP) is -0.0532. The van der Waals surface area contributed by atoms with Crippen molar-refractivity contribution >= 4 is 11.9 Å². The number of rotatable bonds is 27. The molecule has 2 heterocycles. The van der Waals surface area contributed by atoms with Gasteiger partial charge in [-0.05, 0) is 0 Å². The maximum Gasteiger partial charge on any atom is 0.313 e. The van der Waals surface area contributed by atoms with Gasteiger partial charge in [-0.25, -0.2) is 17.9 Å². The topological polar surface area (TPSA) is 211 Å². The summed E-state index contributed by atoms with van der Waals surface area (Å²) >= 11 is 0. The number of halogens is 5. The number of ether oxygens (including phenoxy) is 8. The molecule has 1 saturated heterocycles. The highest BCUT2D eigenvalue weighted by Crippen LogP contribution is 2.29. The fraction of sp³-hybridized carbons (Fsp3) is 0.688. The summed E-state index contributed by atoms with van der Waals surface area (Å²) in [5.74, 6) is -14.6. The molecule has 1 aliphatic rings. The number of hydrogen-bond acceptors (Lipinski definition) is 15. The number of esters is 1. The van der Waals surface area contributed by atoms with Crippen LogP contribution in [0.2, 0.25) is 0 Å². The fourth-order valence-electron chi connectivity index (χ4n) is 4.54. The second kappa shape index (κ2) is 24.9. The van der Waals surface area contributed by atoms with Crippen LogP contribution in [-0.2, 0) is 55.7 Å². The Kier molecular flexibility index (Phi) is 20.7. The highest BCUT2D eigenvalue weighted by Gasteiger charge is 2.36. The van der Waals surface area contributed by atoms with Gasteiger partial charge in [0, 0.05) is 32.0 Å². The Morgan fingerprint density at radius 2 is 1.33 bits per heavy atom. The minimum atomic E-state index is -2.37. The molecule has 0 bridgehead atoms. The molecule has 2 aromatic rings. The Labute approximate surface area is 306 Å². The third-order valence-corrected chi connectivity index (χ3v) is 7.38. The molecule has 0 spiro atoms. The van der Waals surface area contributed by atoms with Crippen LogP contribution >= 0.6 is 0 Å². The number of aliphatic hydroxyl groups excluding tert-OH is 3. The molecule has 17 nitrogen and oxygen atoms in total. The van der Waals surface area contributed by atoms with E-state index in [9.17, 15) is 46.9 Å². The SMILES string of the molecule is O=C(CCOCCOCCC(=O)Oc1c(F)c(F)c(F)c(F)c1F)NCCOCCOCCOCCn1cc(CCOC[C@H]2O[C@@H](O)C[C@@H](O)[C@H]2O)nn1. The molecule has 0 radical (unpaired) electrons. The summed E-state index contributed by atoms with van der Waals surface area (Å²) < 4.78 is 110. The van der Waals surface area contributed by atoms with Crippen molar-refractivity contribution < 1.29 is 84.8 Å². The highest BCUT2D eigenvalue weighted by molar-refractivity contribution is 5.75. The summed E-state index contributed by atoms with van der Waals surface area (Å²) in [4.78, 5) is 23.5. The van der Waals surface area contributed by atoms with Gasteiger partial charge >= 0.3 is 5.97 Å². The predicted molar refractivity (Wildman–Crippen MR) is 170 cm³/mol. The van der Waals surface area contributed by atoms with Crippen LogP contribution in [0.4, 0.5) is 22.0 Å². The maximum absolute atomic E-state index is 13.6. The molecule has 1 fully saturated rings. The van der Waals surface area contributed by atoms with Gasteiger partial charge in [0.1, 0.15) is 12.2 Å². The van der Waals surface area contributed by atoms with Crippen LogP contribution in [0.3, 0.4) is 0 Å². The fourth-order valence-corrected chi connectivity index (χ4v) is 4.54. The van der Waals surface area contributed by atoms with E-state index in [1.165, 1.54) is 0 Å². The number of nitrogens with one attached hydrogen (secondary N) is 1. The van der Waals surface area contributed by atoms with Crippen LogP contribution in [0.25, 0.3) is 0 Å². The standard InChI is InChI=1S/C32H45F5N4O13/c33-26-27(34)29(36)32(30(37)28(26)35)54-24(44)3-8-48-12-11-47-7-2-23(43)38-4-9-49-13-15-51-16-14-50-10-5-41-18-20(39-40-41)1-6-52-19-22-31(46)21(42)17-25(45)53-22/h18,21-22,25,31,42,45-46H,1-17,19H2,(H,38,43)/t21-,22-,25-,31-/m1/s1. The lowest BCUT2D eigenvalue weighted by Crippen LogP contribution is -2.50. The van der Waals surface area contributed by atoms with E-state index in [2.05, 4.69) is 20.4 Å². The number of aliphatic hydroxyl groups is 3. The first-order chi connectivity index (χ1) is 26.0. The smallest absolute Gasteiger partial charge is 0.313 e. The molecule has 54 heavy (non-hydrogen) atoms. The second-order valence-corrected chi connectivity index (χ2v) is 11.5. The van der Waals surface area contributed by atoms with Crippen molar-refractivity contribution in [2.75, 3.05) is 85.8 Å². The monoisotopic (exact) mass is 788 g/mol. The molecule has 4 atom stereocenters. The number of carbonyl (C=O) groups is 2. The number of amides is 1. The molecular formula is C32H45F5N4O13. The lowest BCUT2D eigenvalue weighted by atomic mass is 10.0. The second-order valence-electron chi connectivity index (χ2n) is 11.5. The zero-order valence-electron chi connectivity index (χ0n) is 29.3.